The molecular formula is C32H50. The molecule has 0 saturated carbocycles. The van der Waals surface area contributed by atoms with Crippen LogP contribution in [0.3, 0.4) is 0 Å². The van der Waals surface area contributed by atoms with Crippen LogP contribution in [0.25, 0.3) is 11.1 Å². The maximum atomic E-state index is 2.57. The first kappa shape index (κ1) is 26.7. The Labute approximate surface area is 200 Å². The zero-order valence-corrected chi connectivity index (χ0v) is 22.5. The Balaban J connectivity index is 2.75. The summed E-state index contributed by atoms with van der Waals surface area (Å²) in [5, 5.41) is 0. The van der Waals surface area contributed by atoms with E-state index in [2.05, 4.69) is 91.8 Å². The second kappa shape index (κ2) is 12.1. The lowest BCUT2D eigenvalue weighted by molar-refractivity contribution is 0.410. The van der Waals surface area contributed by atoms with Crippen LogP contribution in [0.1, 0.15) is 129 Å². The molecule has 0 aromatic heterocycles. The largest absolute Gasteiger partial charge is 0.0654 e. The van der Waals surface area contributed by atoms with E-state index in [-0.39, 0.29) is 10.8 Å². The molecule has 0 bridgehead atoms. The molecule has 0 heteroatoms. The molecule has 2 rings (SSSR count). The van der Waals surface area contributed by atoms with Crippen molar-refractivity contribution in [2.45, 2.75) is 130 Å². The van der Waals surface area contributed by atoms with Gasteiger partial charge < -0.3 is 0 Å². The van der Waals surface area contributed by atoms with Crippen LogP contribution in [0.15, 0.2) is 36.4 Å². The van der Waals surface area contributed by atoms with Gasteiger partial charge in [-0.2, -0.15) is 0 Å². The van der Waals surface area contributed by atoms with E-state index in [1.54, 1.807) is 11.1 Å². The molecule has 0 saturated heterocycles. The number of hydrogen-bond donors (Lipinski definition) is 0. The lowest BCUT2D eigenvalue weighted by atomic mass is 9.67. The van der Waals surface area contributed by atoms with Crippen LogP contribution in [0, 0.1) is 0 Å². The quantitative estimate of drug-likeness (QED) is 0.275. The van der Waals surface area contributed by atoms with Gasteiger partial charge in [-0.25, -0.2) is 0 Å². The van der Waals surface area contributed by atoms with Crippen LogP contribution in [-0.4, -0.2) is 0 Å². The minimum Gasteiger partial charge on any atom is -0.0654 e. The number of aryl methyl sites for hydroxylation is 2. The monoisotopic (exact) mass is 434 g/mol. The van der Waals surface area contributed by atoms with Gasteiger partial charge in [-0.3, -0.25) is 0 Å². The molecule has 0 fully saturated rings. The van der Waals surface area contributed by atoms with Gasteiger partial charge in [-0.05, 0) is 69.9 Å². The van der Waals surface area contributed by atoms with E-state index in [1.807, 2.05) is 0 Å². The first-order chi connectivity index (χ1) is 15.2. The van der Waals surface area contributed by atoms with Crippen LogP contribution in [0.2, 0.25) is 0 Å². The van der Waals surface area contributed by atoms with Crippen molar-refractivity contribution in [2.24, 2.45) is 0 Å². The van der Waals surface area contributed by atoms with Gasteiger partial charge >= 0.3 is 0 Å². The van der Waals surface area contributed by atoms with E-state index in [1.165, 1.54) is 73.6 Å². The van der Waals surface area contributed by atoms with Crippen LogP contribution < -0.4 is 0 Å². The average molecular weight is 435 g/mol. The minimum atomic E-state index is 0.163. The Morgan fingerprint density at radius 1 is 0.625 bits per heavy atom. The van der Waals surface area contributed by atoms with Gasteiger partial charge in [0.2, 0.25) is 0 Å². The van der Waals surface area contributed by atoms with Crippen molar-refractivity contribution in [3.05, 3.63) is 58.7 Å². The van der Waals surface area contributed by atoms with Crippen molar-refractivity contribution in [3.63, 3.8) is 0 Å². The Morgan fingerprint density at radius 2 is 1.22 bits per heavy atom. The SMILES string of the molecule is CCCCCC(C)(C)c1cc(CC)cc(-c2cccc(CC)c2)c1C(C)(C)CCCCC. The third-order valence-electron chi connectivity index (χ3n) is 7.47. The number of rotatable bonds is 13. The molecule has 0 amide bonds. The highest BCUT2D eigenvalue weighted by molar-refractivity contribution is 5.73. The van der Waals surface area contributed by atoms with E-state index in [0.717, 1.165) is 12.8 Å². The molecule has 0 heterocycles. The molecule has 2 aromatic carbocycles. The van der Waals surface area contributed by atoms with Crippen LogP contribution in [-0.2, 0) is 23.7 Å². The zero-order valence-electron chi connectivity index (χ0n) is 22.5. The summed E-state index contributed by atoms with van der Waals surface area (Å²) in [6.07, 6.45) is 12.6. The van der Waals surface area contributed by atoms with Gasteiger partial charge in [0.15, 0.2) is 0 Å². The highest BCUT2D eigenvalue weighted by Gasteiger charge is 2.33. The Morgan fingerprint density at radius 3 is 1.78 bits per heavy atom. The molecule has 0 aliphatic carbocycles. The summed E-state index contributed by atoms with van der Waals surface area (Å²) < 4.78 is 0. The maximum Gasteiger partial charge on any atom is -0.00945 e. The van der Waals surface area contributed by atoms with Crippen molar-refractivity contribution in [1.29, 1.82) is 0 Å². The molecule has 2 aromatic rings. The third kappa shape index (κ3) is 6.72. The Kier molecular flexibility index (Phi) is 10.1. The van der Waals surface area contributed by atoms with Gasteiger partial charge in [0.1, 0.15) is 0 Å². The Bertz CT molecular complexity index is 837. The smallest absolute Gasteiger partial charge is 0.00945 e. The van der Waals surface area contributed by atoms with Crippen molar-refractivity contribution < 1.29 is 0 Å². The first-order valence-electron chi connectivity index (χ1n) is 13.5. The fourth-order valence-electron chi connectivity index (χ4n) is 5.25. The molecule has 178 valence electrons. The molecule has 0 radical (unpaired) electrons. The predicted molar refractivity (Wildman–Crippen MR) is 145 cm³/mol. The second-order valence-electron chi connectivity index (χ2n) is 11.2. The highest BCUT2D eigenvalue weighted by Crippen LogP contribution is 2.45. The van der Waals surface area contributed by atoms with Crippen molar-refractivity contribution in [3.8, 4) is 11.1 Å². The molecule has 0 aliphatic heterocycles. The van der Waals surface area contributed by atoms with Crippen molar-refractivity contribution >= 4 is 0 Å². The topological polar surface area (TPSA) is 0 Å². The molecule has 0 aliphatic rings. The summed E-state index contributed by atoms with van der Waals surface area (Å²) in [6.45, 7) is 19.2. The summed E-state index contributed by atoms with van der Waals surface area (Å²) in [5.41, 5.74) is 9.37. The van der Waals surface area contributed by atoms with Crippen molar-refractivity contribution in [2.75, 3.05) is 0 Å². The van der Waals surface area contributed by atoms with Crippen LogP contribution in [0.5, 0.6) is 0 Å². The summed E-state index contributed by atoms with van der Waals surface area (Å²) in [6, 6.07) is 14.4. The van der Waals surface area contributed by atoms with Crippen molar-refractivity contribution in [1.82, 2.24) is 0 Å². The normalized spacial score (nSPS) is 12.4. The molecular weight excluding hydrogens is 384 g/mol. The summed E-state index contributed by atoms with van der Waals surface area (Å²) in [5.74, 6) is 0. The lowest BCUT2D eigenvalue weighted by Crippen LogP contribution is -2.28. The van der Waals surface area contributed by atoms with E-state index in [9.17, 15) is 0 Å². The summed E-state index contributed by atoms with van der Waals surface area (Å²) in [4.78, 5) is 0. The molecule has 0 spiro atoms. The fourth-order valence-corrected chi connectivity index (χ4v) is 5.25. The maximum absolute atomic E-state index is 2.57. The number of unbranched alkanes of at least 4 members (excludes halogenated alkanes) is 4. The van der Waals surface area contributed by atoms with Gasteiger partial charge in [0.25, 0.3) is 0 Å². The third-order valence-corrected chi connectivity index (χ3v) is 7.47. The fraction of sp³-hybridized carbons (Fsp3) is 0.625. The van der Waals surface area contributed by atoms with Gasteiger partial charge in [0, 0.05) is 0 Å². The predicted octanol–water partition coefficient (Wildman–Crippen LogP) is 10.2. The minimum absolute atomic E-state index is 0.163. The standard InChI is InChI=1S/C32H50/c1-9-13-15-20-31(5,6)29-24-26(12-4)23-28(27-19-17-18-25(11-3)22-27)30(29)32(7,8)21-16-14-10-2/h17-19,22-24H,9-16,20-21H2,1-8H3. The van der Waals surface area contributed by atoms with E-state index < -0.39 is 0 Å². The van der Waals surface area contributed by atoms with Gasteiger partial charge in [0.05, 0.1) is 0 Å². The Hall–Kier alpha value is -1.56. The second-order valence-corrected chi connectivity index (χ2v) is 11.2. The van der Waals surface area contributed by atoms with E-state index in [0.29, 0.717) is 0 Å². The highest BCUT2D eigenvalue weighted by atomic mass is 14.4. The van der Waals surface area contributed by atoms with Crippen LogP contribution in [0.4, 0.5) is 0 Å². The molecule has 0 nitrogen and oxygen atoms in total. The van der Waals surface area contributed by atoms with Gasteiger partial charge in [-0.1, -0.05) is 130 Å². The first-order valence-corrected chi connectivity index (χ1v) is 13.5. The number of hydrogen-bond acceptors (Lipinski definition) is 0. The van der Waals surface area contributed by atoms with E-state index >= 15 is 0 Å². The number of benzene rings is 2. The molecule has 0 atom stereocenters. The van der Waals surface area contributed by atoms with Crippen LogP contribution >= 0.6 is 0 Å². The summed E-state index contributed by atoms with van der Waals surface area (Å²) in [7, 11) is 0. The van der Waals surface area contributed by atoms with Gasteiger partial charge in [-0.15, -0.1) is 0 Å². The molecule has 0 unspecified atom stereocenters. The molecule has 32 heavy (non-hydrogen) atoms. The van der Waals surface area contributed by atoms with E-state index in [4.69, 9.17) is 0 Å². The average Bonchev–Trinajstić information content (AvgIpc) is 2.78. The zero-order chi connectivity index (χ0) is 23.8. The lowest BCUT2D eigenvalue weighted by Gasteiger charge is -2.37. The summed E-state index contributed by atoms with van der Waals surface area (Å²) >= 11 is 0. The molecule has 0 N–H and O–H groups in total.